The second-order valence-electron chi connectivity index (χ2n) is 8.30. The van der Waals surface area contributed by atoms with Gasteiger partial charge in [0.05, 0.1) is 11.7 Å². The summed E-state index contributed by atoms with van der Waals surface area (Å²) in [7, 11) is 0. The lowest BCUT2D eigenvalue weighted by Crippen LogP contribution is -2.47. The average molecular weight is 385 g/mol. The van der Waals surface area contributed by atoms with Gasteiger partial charge < -0.3 is 20.2 Å². The molecule has 0 aromatic heterocycles. The zero-order chi connectivity index (χ0) is 19.6. The van der Waals surface area contributed by atoms with Crippen molar-refractivity contribution in [3.8, 4) is 0 Å². The van der Waals surface area contributed by atoms with Crippen LogP contribution in [0.4, 0.5) is 4.39 Å². The standard InChI is InChI=1S/C21H24FN3O3/c1-11-18-14(20(26)15(21(27)28)9-25(18)13-4-5-13)7-16(22)19(11)24-8-12-3-2-6-23-17(12)10-24/h3,7,9,13,16-18,23H,2,4-6,8,10H2,1H3,(H,27,28). The van der Waals surface area contributed by atoms with E-state index in [1.807, 2.05) is 11.8 Å². The average Bonchev–Trinajstić information content (AvgIpc) is 3.41. The van der Waals surface area contributed by atoms with E-state index in [4.69, 9.17) is 0 Å². The Balaban J connectivity index is 1.54. The molecule has 5 rings (SSSR count). The van der Waals surface area contributed by atoms with Gasteiger partial charge in [0.1, 0.15) is 5.57 Å². The minimum atomic E-state index is -1.40. The number of likely N-dealkylation sites (tertiary alicyclic amines) is 1. The molecule has 5 aliphatic rings. The summed E-state index contributed by atoms with van der Waals surface area (Å²) in [6.45, 7) is 4.26. The molecule has 0 amide bonds. The van der Waals surface area contributed by atoms with E-state index in [-0.39, 0.29) is 29.3 Å². The first-order chi connectivity index (χ1) is 13.5. The van der Waals surface area contributed by atoms with E-state index in [1.54, 1.807) is 0 Å². The number of carbonyl (C=O) groups excluding carboxylic acids is 1. The highest BCUT2D eigenvalue weighted by Gasteiger charge is 2.46. The molecule has 1 saturated carbocycles. The van der Waals surface area contributed by atoms with Crippen LogP contribution < -0.4 is 5.32 Å². The number of carboxylic acids is 1. The van der Waals surface area contributed by atoms with Crippen molar-refractivity contribution in [2.24, 2.45) is 0 Å². The lowest BCUT2D eigenvalue weighted by atomic mass is 9.82. The molecule has 0 radical (unpaired) electrons. The Morgan fingerprint density at radius 2 is 2.14 bits per heavy atom. The van der Waals surface area contributed by atoms with Gasteiger partial charge in [0.25, 0.3) is 0 Å². The highest BCUT2D eigenvalue weighted by Crippen LogP contribution is 2.42. The first kappa shape index (κ1) is 17.7. The van der Waals surface area contributed by atoms with Crippen molar-refractivity contribution in [2.75, 3.05) is 19.6 Å². The molecule has 7 heteroatoms. The number of Topliss-reactive ketones (excluding diaryl/α,β-unsaturated/α-hetero) is 1. The van der Waals surface area contributed by atoms with E-state index in [0.29, 0.717) is 12.2 Å². The van der Waals surface area contributed by atoms with Crippen LogP contribution in [0.3, 0.4) is 0 Å². The fourth-order valence-corrected chi connectivity index (χ4v) is 5.04. The molecule has 0 aromatic carbocycles. The van der Waals surface area contributed by atoms with Crippen LogP contribution in [-0.4, -0.2) is 70.6 Å². The number of hydrogen-bond acceptors (Lipinski definition) is 5. The number of hydrogen-bond donors (Lipinski definition) is 2. The van der Waals surface area contributed by atoms with Crippen molar-refractivity contribution < 1.29 is 19.1 Å². The Kier molecular flexibility index (Phi) is 3.98. The van der Waals surface area contributed by atoms with Gasteiger partial charge in [0.15, 0.2) is 12.0 Å². The van der Waals surface area contributed by atoms with Gasteiger partial charge in [-0.2, -0.15) is 0 Å². The highest BCUT2D eigenvalue weighted by molar-refractivity contribution is 6.24. The van der Waals surface area contributed by atoms with Gasteiger partial charge in [-0.25, -0.2) is 9.18 Å². The lowest BCUT2D eigenvalue weighted by Gasteiger charge is -2.42. The number of allylic oxidation sites excluding steroid dienone is 1. The monoisotopic (exact) mass is 385 g/mol. The third kappa shape index (κ3) is 2.64. The summed E-state index contributed by atoms with van der Waals surface area (Å²) in [4.78, 5) is 28.3. The second-order valence-corrected chi connectivity index (χ2v) is 8.30. The molecule has 3 heterocycles. The summed E-state index contributed by atoms with van der Waals surface area (Å²) in [5, 5.41) is 12.9. The molecule has 0 spiro atoms. The number of carbonyl (C=O) groups is 2. The Bertz CT molecular complexity index is 883. The molecular weight excluding hydrogens is 361 g/mol. The summed E-state index contributed by atoms with van der Waals surface area (Å²) in [6.07, 6.45) is 6.61. The van der Waals surface area contributed by atoms with Gasteiger partial charge in [0, 0.05) is 36.9 Å². The van der Waals surface area contributed by atoms with Crippen LogP contribution in [0.5, 0.6) is 0 Å². The summed E-state index contributed by atoms with van der Waals surface area (Å²) in [6, 6.07) is 0.112. The van der Waals surface area contributed by atoms with E-state index >= 15 is 4.39 Å². The first-order valence-corrected chi connectivity index (χ1v) is 9.96. The molecule has 0 bridgehead atoms. The van der Waals surface area contributed by atoms with Gasteiger partial charge in [-0.15, -0.1) is 0 Å². The third-order valence-corrected chi connectivity index (χ3v) is 6.48. The number of alkyl halides is 1. The van der Waals surface area contributed by atoms with Crippen LogP contribution in [0.2, 0.25) is 0 Å². The topological polar surface area (TPSA) is 72.9 Å². The SMILES string of the molecule is CC1=C(N2CC3=CCCNC3C2)C(F)C=C2C(=O)C(C(=O)O)=CN(C3CC3)C21. The molecule has 3 unspecified atom stereocenters. The maximum absolute atomic E-state index is 15.3. The van der Waals surface area contributed by atoms with Crippen LogP contribution in [0, 0.1) is 0 Å². The Labute approximate surface area is 163 Å². The fourth-order valence-electron chi connectivity index (χ4n) is 5.04. The van der Waals surface area contributed by atoms with E-state index in [1.165, 1.54) is 17.8 Å². The number of ketones is 1. The molecular formula is C21H24FN3O3. The van der Waals surface area contributed by atoms with E-state index in [9.17, 15) is 14.7 Å². The quantitative estimate of drug-likeness (QED) is 0.567. The minimum absolute atomic E-state index is 0.216. The van der Waals surface area contributed by atoms with Crippen molar-refractivity contribution >= 4 is 11.8 Å². The van der Waals surface area contributed by atoms with Crippen molar-refractivity contribution in [2.45, 2.75) is 50.5 Å². The Morgan fingerprint density at radius 3 is 2.82 bits per heavy atom. The molecule has 1 saturated heterocycles. The molecule has 3 atom stereocenters. The Morgan fingerprint density at radius 1 is 1.36 bits per heavy atom. The van der Waals surface area contributed by atoms with Crippen molar-refractivity contribution in [3.63, 3.8) is 0 Å². The van der Waals surface area contributed by atoms with E-state index in [0.717, 1.165) is 37.9 Å². The van der Waals surface area contributed by atoms with Gasteiger partial charge in [-0.1, -0.05) is 6.08 Å². The summed E-state index contributed by atoms with van der Waals surface area (Å²) < 4.78 is 15.3. The number of rotatable bonds is 3. The minimum Gasteiger partial charge on any atom is -0.477 e. The Hall–Kier alpha value is -2.41. The number of nitrogens with one attached hydrogen (secondary N) is 1. The number of aliphatic carboxylic acids is 1. The number of carboxylic acid groups (broad SMARTS) is 1. The predicted octanol–water partition coefficient (Wildman–Crippen LogP) is 1.53. The maximum atomic E-state index is 15.3. The normalized spacial score (nSPS) is 32.6. The molecule has 148 valence electrons. The predicted molar refractivity (Wildman–Crippen MR) is 101 cm³/mol. The van der Waals surface area contributed by atoms with Crippen LogP contribution in [-0.2, 0) is 9.59 Å². The smallest absolute Gasteiger partial charge is 0.341 e. The van der Waals surface area contributed by atoms with Crippen LogP contribution in [0.25, 0.3) is 0 Å². The van der Waals surface area contributed by atoms with E-state index in [2.05, 4.69) is 16.3 Å². The van der Waals surface area contributed by atoms with Crippen molar-refractivity contribution in [1.82, 2.24) is 15.1 Å². The molecule has 2 N–H and O–H groups in total. The molecule has 6 nitrogen and oxygen atoms in total. The summed E-state index contributed by atoms with van der Waals surface area (Å²) >= 11 is 0. The maximum Gasteiger partial charge on any atom is 0.341 e. The third-order valence-electron chi connectivity index (χ3n) is 6.48. The number of halogens is 1. The highest BCUT2D eigenvalue weighted by atomic mass is 19.1. The van der Waals surface area contributed by atoms with Gasteiger partial charge >= 0.3 is 5.97 Å². The van der Waals surface area contributed by atoms with Crippen molar-refractivity contribution in [3.05, 3.63) is 46.3 Å². The lowest BCUT2D eigenvalue weighted by molar-refractivity contribution is -0.134. The van der Waals surface area contributed by atoms with E-state index < -0.39 is 17.9 Å². The fraction of sp³-hybridized carbons (Fsp3) is 0.524. The number of fused-ring (bicyclic) bond motifs is 2. The van der Waals surface area contributed by atoms with Gasteiger partial charge in [-0.3, -0.25) is 4.79 Å². The molecule has 28 heavy (non-hydrogen) atoms. The molecule has 3 aliphatic heterocycles. The number of nitrogens with zero attached hydrogens (tertiary/aromatic N) is 2. The van der Waals surface area contributed by atoms with Crippen molar-refractivity contribution in [1.29, 1.82) is 0 Å². The summed E-state index contributed by atoms with van der Waals surface area (Å²) in [5.74, 6) is -1.81. The first-order valence-electron chi connectivity index (χ1n) is 9.96. The molecule has 2 fully saturated rings. The second kappa shape index (κ2) is 6.30. The molecule has 2 aliphatic carbocycles. The summed E-state index contributed by atoms with van der Waals surface area (Å²) in [5.41, 5.74) is 2.77. The zero-order valence-corrected chi connectivity index (χ0v) is 15.8. The van der Waals surface area contributed by atoms with Crippen LogP contribution in [0.15, 0.2) is 46.3 Å². The zero-order valence-electron chi connectivity index (χ0n) is 15.8. The van der Waals surface area contributed by atoms with Gasteiger partial charge in [0.2, 0.25) is 0 Å². The van der Waals surface area contributed by atoms with Gasteiger partial charge in [-0.05, 0) is 50.0 Å². The molecule has 0 aromatic rings. The van der Waals surface area contributed by atoms with Crippen LogP contribution >= 0.6 is 0 Å². The largest absolute Gasteiger partial charge is 0.477 e. The van der Waals surface area contributed by atoms with Crippen LogP contribution in [0.1, 0.15) is 26.2 Å².